The number of aromatic carboxylic acids is 1. The predicted octanol–water partition coefficient (Wildman–Crippen LogP) is 0.739. The lowest BCUT2D eigenvalue weighted by Crippen LogP contribution is -2.41. The number of carboxylic acid groups (broad SMARTS) is 1. The van der Waals surface area contributed by atoms with Crippen molar-refractivity contribution in [3.63, 3.8) is 0 Å². The zero-order valence-corrected chi connectivity index (χ0v) is 11.8. The van der Waals surface area contributed by atoms with Gasteiger partial charge in [0.2, 0.25) is 0 Å². The van der Waals surface area contributed by atoms with Crippen LogP contribution >= 0.6 is 0 Å². The zero-order chi connectivity index (χ0) is 15.3. The molecule has 110 valence electrons. The van der Waals surface area contributed by atoms with Crippen LogP contribution in [0.15, 0.2) is 12.1 Å². The smallest absolute Gasteiger partial charge is 0.336 e. The van der Waals surface area contributed by atoms with E-state index in [1.807, 2.05) is 0 Å². The molecule has 1 aromatic carbocycles. The molecule has 6 nitrogen and oxygen atoms in total. The third kappa shape index (κ3) is 3.55. The number of aryl methyl sites for hydroxylation is 2. The molecular weight excluding hydrogens is 262 g/mol. The number of methoxy groups -OCH3 is 1. The summed E-state index contributed by atoms with van der Waals surface area (Å²) in [7, 11) is 1.45. The SMILES string of the molecule is COCC(CO)NC(=O)c1c(C)ccc(C)c1C(=O)O. The van der Waals surface area contributed by atoms with Crippen molar-refractivity contribution in [3.8, 4) is 0 Å². The van der Waals surface area contributed by atoms with Gasteiger partial charge in [-0.1, -0.05) is 12.1 Å². The highest BCUT2D eigenvalue weighted by atomic mass is 16.5. The van der Waals surface area contributed by atoms with Crippen molar-refractivity contribution in [1.82, 2.24) is 5.32 Å². The summed E-state index contributed by atoms with van der Waals surface area (Å²) < 4.78 is 4.87. The maximum atomic E-state index is 12.2. The van der Waals surface area contributed by atoms with Gasteiger partial charge in [0.25, 0.3) is 5.91 Å². The summed E-state index contributed by atoms with van der Waals surface area (Å²) in [5, 5.41) is 21.0. The van der Waals surface area contributed by atoms with Gasteiger partial charge < -0.3 is 20.3 Å². The molecule has 0 saturated heterocycles. The Morgan fingerprint density at radius 1 is 1.25 bits per heavy atom. The number of carbonyl (C=O) groups excluding carboxylic acids is 1. The number of hydrogen-bond acceptors (Lipinski definition) is 4. The van der Waals surface area contributed by atoms with E-state index >= 15 is 0 Å². The highest BCUT2D eigenvalue weighted by Crippen LogP contribution is 2.19. The summed E-state index contributed by atoms with van der Waals surface area (Å²) in [6, 6.07) is 2.78. The van der Waals surface area contributed by atoms with E-state index in [-0.39, 0.29) is 24.3 Å². The molecule has 6 heteroatoms. The molecule has 0 saturated carbocycles. The van der Waals surface area contributed by atoms with E-state index in [1.54, 1.807) is 26.0 Å². The van der Waals surface area contributed by atoms with Crippen LogP contribution in [0.4, 0.5) is 0 Å². The van der Waals surface area contributed by atoms with Crippen LogP contribution in [0, 0.1) is 13.8 Å². The van der Waals surface area contributed by atoms with Crippen molar-refractivity contribution in [2.45, 2.75) is 19.9 Å². The van der Waals surface area contributed by atoms with Gasteiger partial charge in [-0.05, 0) is 25.0 Å². The maximum absolute atomic E-state index is 12.2. The van der Waals surface area contributed by atoms with Crippen molar-refractivity contribution < 1.29 is 24.5 Å². The molecule has 0 fully saturated rings. The van der Waals surface area contributed by atoms with E-state index in [1.165, 1.54) is 7.11 Å². The first-order valence-corrected chi connectivity index (χ1v) is 6.16. The minimum atomic E-state index is -1.15. The number of aliphatic hydroxyl groups is 1. The summed E-state index contributed by atoms with van der Waals surface area (Å²) in [6.07, 6.45) is 0. The molecule has 20 heavy (non-hydrogen) atoms. The Morgan fingerprint density at radius 3 is 2.25 bits per heavy atom. The minimum absolute atomic E-state index is 0.0170. The zero-order valence-electron chi connectivity index (χ0n) is 11.8. The minimum Gasteiger partial charge on any atom is -0.478 e. The summed E-state index contributed by atoms with van der Waals surface area (Å²) in [5.74, 6) is -1.68. The second-order valence-corrected chi connectivity index (χ2v) is 4.56. The van der Waals surface area contributed by atoms with Gasteiger partial charge in [0.1, 0.15) is 0 Å². The van der Waals surface area contributed by atoms with Gasteiger partial charge in [-0.25, -0.2) is 4.79 Å². The average Bonchev–Trinajstić information content (AvgIpc) is 2.39. The number of nitrogens with one attached hydrogen (secondary N) is 1. The Morgan fingerprint density at radius 2 is 1.80 bits per heavy atom. The molecule has 0 aliphatic rings. The number of amides is 1. The first-order chi connectivity index (χ1) is 9.42. The number of hydrogen-bond donors (Lipinski definition) is 3. The van der Waals surface area contributed by atoms with Gasteiger partial charge >= 0.3 is 5.97 Å². The van der Waals surface area contributed by atoms with E-state index in [2.05, 4.69) is 5.32 Å². The highest BCUT2D eigenvalue weighted by molar-refractivity contribution is 6.06. The van der Waals surface area contributed by atoms with Crippen molar-refractivity contribution in [3.05, 3.63) is 34.4 Å². The molecular formula is C14H19NO5. The highest BCUT2D eigenvalue weighted by Gasteiger charge is 2.23. The molecule has 1 rings (SSSR count). The summed E-state index contributed by atoms with van der Waals surface area (Å²) in [6.45, 7) is 3.17. The van der Waals surface area contributed by atoms with Crippen LogP contribution in [-0.4, -0.2) is 48.5 Å². The van der Waals surface area contributed by atoms with Gasteiger partial charge in [-0.3, -0.25) is 4.79 Å². The topological polar surface area (TPSA) is 95.9 Å². The normalized spacial score (nSPS) is 12.0. The quantitative estimate of drug-likeness (QED) is 0.714. The van der Waals surface area contributed by atoms with Gasteiger partial charge in [0.15, 0.2) is 0 Å². The Hall–Kier alpha value is -1.92. The summed E-state index contributed by atoms with van der Waals surface area (Å²) in [4.78, 5) is 23.6. The van der Waals surface area contributed by atoms with Crippen LogP contribution in [0.5, 0.6) is 0 Å². The number of carbonyl (C=O) groups is 2. The van der Waals surface area contributed by atoms with Crippen LogP contribution < -0.4 is 5.32 Å². The molecule has 0 aliphatic carbocycles. The monoisotopic (exact) mass is 281 g/mol. The van der Waals surface area contributed by atoms with Crippen molar-refractivity contribution in [2.75, 3.05) is 20.3 Å². The van der Waals surface area contributed by atoms with Crippen LogP contribution in [0.2, 0.25) is 0 Å². The van der Waals surface area contributed by atoms with Crippen molar-refractivity contribution in [1.29, 1.82) is 0 Å². The number of rotatable bonds is 6. The van der Waals surface area contributed by atoms with Gasteiger partial charge in [-0.15, -0.1) is 0 Å². The van der Waals surface area contributed by atoms with Crippen LogP contribution in [0.1, 0.15) is 31.8 Å². The second-order valence-electron chi connectivity index (χ2n) is 4.56. The number of aliphatic hydroxyl groups excluding tert-OH is 1. The Labute approximate surface area is 117 Å². The molecule has 0 aromatic heterocycles. The molecule has 1 unspecified atom stereocenters. The van der Waals surface area contributed by atoms with E-state index in [0.717, 1.165) is 0 Å². The number of benzene rings is 1. The van der Waals surface area contributed by atoms with Crippen LogP contribution in [0.25, 0.3) is 0 Å². The van der Waals surface area contributed by atoms with Crippen LogP contribution in [0.3, 0.4) is 0 Å². The second kappa shape index (κ2) is 7.02. The molecule has 0 spiro atoms. The van der Waals surface area contributed by atoms with Crippen LogP contribution in [-0.2, 0) is 4.74 Å². The van der Waals surface area contributed by atoms with Crippen molar-refractivity contribution >= 4 is 11.9 Å². The third-order valence-corrected chi connectivity index (χ3v) is 2.99. The average molecular weight is 281 g/mol. The molecule has 3 N–H and O–H groups in total. The standard InChI is InChI=1S/C14H19NO5/c1-8-4-5-9(2)12(14(18)19)11(8)13(17)15-10(6-16)7-20-3/h4-5,10,16H,6-7H2,1-3H3,(H,15,17)(H,18,19). The fourth-order valence-corrected chi connectivity index (χ4v) is 1.98. The Bertz CT molecular complexity index is 513. The Balaban J connectivity index is 3.15. The summed E-state index contributed by atoms with van der Waals surface area (Å²) in [5.41, 5.74) is 1.18. The number of ether oxygens (including phenoxy) is 1. The Kier molecular flexibility index (Phi) is 5.66. The van der Waals surface area contributed by atoms with Crippen molar-refractivity contribution in [2.24, 2.45) is 0 Å². The largest absolute Gasteiger partial charge is 0.478 e. The molecule has 1 aromatic rings. The molecule has 0 heterocycles. The fourth-order valence-electron chi connectivity index (χ4n) is 1.98. The fraction of sp³-hybridized carbons (Fsp3) is 0.429. The van der Waals surface area contributed by atoms with Gasteiger partial charge in [0, 0.05) is 7.11 Å². The lowest BCUT2D eigenvalue weighted by molar-refractivity contribution is 0.0687. The number of carboxylic acids is 1. The van der Waals surface area contributed by atoms with E-state index in [4.69, 9.17) is 9.84 Å². The molecule has 0 radical (unpaired) electrons. The molecule has 0 bridgehead atoms. The lowest BCUT2D eigenvalue weighted by Gasteiger charge is -2.18. The van der Waals surface area contributed by atoms with Gasteiger partial charge in [0.05, 0.1) is 30.4 Å². The lowest BCUT2D eigenvalue weighted by atomic mass is 9.96. The maximum Gasteiger partial charge on any atom is 0.336 e. The summed E-state index contributed by atoms with van der Waals surface area (Å²) >= 11 is 0. The first-order valence-electron chi connectivity index (χ1n) is 6.16. The van der Waals surface area contributed by atoms with E-state index in [0.29, 0.717) is 11.1 Å². The molecule has 1 amide bonds. The molecule has 0 aliphatic heterocycles. The first kappa shape index (κ1) is 16.1. The van der Waals surface area contributed by atoms with E-state index < -0.39 is 17.9 Å². The van der Waals surface area contributed by atoms with E-state index in [9.17, 15) is 14.7 Å². The van der Waals surface area contributed by atoms with Gasteiger partial charge in [-0.2, -0.15) is 0 Å². The predicted molar refractivity (Wildman–Crippen MR) is 73.1 cm³/mol. The third-order valence-electron chi connectivity index (χ3n) is 2.99. The molecule has 1 atom stereocenters.